The molecule has 0 aliphatic rings. The summed E-state index contributed by atoms with van der Waals surface area (Å²) in [6.07, 6.45) is 0. The molecule has 0 saturated heterocycles. The standard InChI is InChI=1S/C20H22ClN3O3/c1-12-11-14(21)5-10-17(12)24-19(27)20(3,4)18(26)23-16-8-6-15(7-9-16)22-13(2)25/h5-11H,1-4H3,(H,22,25)(H,23,26)(H,24,27). The van der Waals surface area contributed by atoms with E-state index in [0.29, 0.717) is 22.1 Å². The van der Waals surface area contributed by atoms with Crippen molar-refractivity contribution in [2.45, 2.75) is 27.7 Å². The molecular formula is C20H22ClN3O3. The van der Waals surface area contributed by atoms with Crippen LogP contribution in [0.4, 0.5) is 17.1 Å². The molecule has 6 nitrogen and oxygen atoms in total. The first-order valence-electron chi connectivity index (χ1n) is 8.36. The second kappa shape index (κ2) is 8.22. The summed E-state index contributed by atoms with van der Waals surface area (Å²) < 4.78 is 0. The summed E-state index contributed by atoms with van der Waals surface area (Å²) in [5.74, 6) is -1.05. The number of halogens is 1. The molecule has 0 bridgehead atoms. The van der Waals surface area contributed by atoms with Crippen LogP contribution in [-0.2, 0) is 14.4 Å². The summed E-state index contributed by atoms with van der Waals surface area (Å²) in [7, 11) is 0. The van der Waals surface area contributed by atoms with Gasteiger partial charge in [0.25, 0.3) is 0 Å². The van der Waals surface area contributed by atoms with Crippen molar-refractivity contribution in [2.24, 2.45) is 5.41 Å². The maximum atomic E-state index is 12.6. The van der Waals surface area contributed by atoms with E-state index in [0.717, 1.165) is 5.56 Å². The molecule has 7 heteroatoms. The van der Waals surface area contributed by atoms with Crippen LogP contribution in [0.2, 0.25) is 5.02 Å². The van der Waals surface area contributed by atoms with E-state index in [1.807, 2.05) is 6.92 Å². The maximum absolute atomic E-state index is 12.6. The maximum Gasteiger partial charge on any atom is 0.239 e. The molecule has 0 atom stereocenters. The first-order chi connectivity index (χ1) is 12.6. The van der Waals surface area contributed by atoms with Crippen molar-refractivity contribution in [3.63, 3.8) is 0 Å². The molecule has 0 aliphatic heterocycles. The summed E-state index contributed by atoms with van der Waals surface area (Å²) in [4.78, 5) is 36.3. The molecule has 27 heavy (non-hydrogen) atoms. The van der Waals surface area contributed by atoms with E-state index in [9.17, 15) is 14.4 Å². The molecule has 2 rings (SSSR count). The van der Waals surface area contributed by atoms with Gasteiger partial charge in [0.2, 0.25) is 17.7 Å². The van der Waals surface area contributed by atoms with E-state index < -0.39 is 17.2 Å². The molecule has 0 spiro atoms. The summed E-state index contributed by atoms with van der Waals surface area (Å²) in [5, 5.41) is 8.71. The Morgan fingerprint density at radius 3 is 1.89 bits per heavy atom. The molecule has 2 aromatic rings. The van der Waals surface area contributed by atoms with Crippen molar-refractivity contribution in [1.82, 2.24) is 0 Å². The number of carbonyl (C=O) groups is 3. The van der Waals surface area contributed by atoms with Gasteiger partial charge in [0.15, 0.2) is 0 Å². The minimum atomic E-state index is -1.30. The van der Waals surface area contributed by atoms with Crippen LogP contribution < -0.4 is 16.0 Å². The van der Waals surface area contributed by atoms with Crippen LogP contribution in [0.5, 0.6) is 0 Å². The van der Waals surface area contributed by atoms with E-state index in [-0.39, 0.29) is 5.91 Å². The van der Waals surface area contributed by atoms with E-state index in [4.69, 9.17) is 11.6 Å². The quantitative estimate of drug-likeness (QED) is 0.671. The molecule has 2 aromatic carbocycles. The Labute approximate surface area is 163 Å². The van der Waals surface area contributed by atoms with E-state index in [1.165, 1.54) is 6.92 Å². The first-order valence-corrected chi connectivity index (χ1v) is 8.74. The zero-order chi connectivity index (χ0) is 20.2. The third-order valence-corrected chi connectivity index (χ3v) is 4.27. The second-order valence-corrected chi connectivity index (χ2v) is 7.19. The van der Waals surface area contributed by atoms with Crippen molar-refractivity contribution in [3.05, 3.63) is 53.1 Å². The lowest BCUT2D eigenvalue weighted by molar-refractivity contribution is -0.135. The number of amides is 3. The lowest BCUT2D eigenvalue weighted by atomic mass is 9.90. The molecule has 0 heterocycles. The van der Waals surface area contributed by atoms with Crippen LogP contribution in [0.3, 0.4) is 0 Å². The van der Waals surface area contributed by atoms with Gasteiger partial charge in [-0.25, -0.2) is 0 Å². The summed E-state index contributed by atoms with van der Waals surface area (Å²) in [6.45, 7) is 6.34. The van der Waals surface area contributed by atoms with E-state index in [1.54, 1.807) is 56.3 Å². The van der Waals surface area contributed by atoms with Crippen molar-refractivity contribution in [3.8, 4) is 0 Å². The lowest BCUT2D eigenvalue weighted by Crippen LogP contribution is -2.41. The number of anilines is 3. The van der Waals surface area contributed by atoms with Crippen LogP contribution >= 0.6 is 11.6 Å². The third-order valence-electron chi connectivity index (χ3n) is 4.04. The Kier molecular flexibility index (Phi) is 6.23. The fraction of sp³-hybridized carbons (Fsp3) is 0.250. The normalized spacial score (nSPS) is 10.9. The highest BCUT2D eigenvalue weighted by Crippen LogP contribution is 2.25. The van der Waals surface area contributed by atoms with Gasteiger partial charge in [0, 0.05) is 29.0 Å². The fourth-order valence-corrected chi connectivity index (χ4v) is 2.50. The number of hydrogen-bond donors (Lipinski definition) is 3. The number of carbonyl (C=O) groups excluding carboxylic acids is 3. The highest BCUT2D eigenvalue weighted by atomic mass is 35.5. The van der Waals surface area contributed by atoms with Crippen molar-refractivity contribution >= 4 is 46.4 Å². The fourth-order valence-electron chi connectivity index (χ4n) is 2.28. The van der Waals surface area contributed by atoms with Gasteiger partial charge in [-0.1, -0.05) is 11.6 Å². The smallest absolute Gasteiger partial charge is 0.239 e. The predicted molar refractivity (Wildman–Crippen MR) is 108 cm³/mol. The minimum absolute atomic E-state index is 0.179. The van der Waals surface area contributed by atoms with Gasteiger partial charge in [-0.3, -0.25) is 14.4 Å². The first kappa shape index (κ1) is 20.5. The van der Waals surface area contributed by atoms with Crippen molar-refractivity contribution < 1.29 is 14.4 Å². The third kappa shape index (κ3) is 5.31. The van der Waals surface area contributed by atoms with Crippen LogP contribution in [0.1, 0.15) is 26.3 Å². The van der Waals surface area contributed by atoms with Crippen LogP contribution in [0.15, 0.2) is 42.5 Å². The number of benzene rings is 2. The SMILES string of the molecule is CC(=O)Nc1ccc(NC(=O)C(C)(C)C(=O)Nc2ccc(Cl)cc2C)cc1. The Morgan fingerprint density at radius 2 is 1.37 bits per heavy atom. The number of nitrogens with one attached hydrogen (secondary N) is 3. The van der Waals surface area contributed by atoms with Crippen LogP contribution in [0.25, 0.3) is 0 Å². The van der Waals surface area contributed by atoms with Gasteiger partial charge in [0.05, 0.1) is 0 Å². The van der Waals surface area contributed by atoms with Crippen molar-refractivity contribution in [2.75, 3.05) is 16.0 Å². The average Bonchev–Trinajstić information content (AvgIpc) is 2.58. The highest BCUT2D eigenvalue weighted by Gasteiger charge is 2.36. The summed E-state index contributed by atoms with van der Waals surface area (Å²) in [5.41, 5.74) is 1.25. The van der Waals surface area contributed by atoms with Crippen molar-refractivity contribution in [1.29, 1.82) is 0 Å². The van der Waals surface area contributed by atoms with Gasteiger partial charge in [-0.2, -0.15) is 0 Å². The molecule has 0 unspecified atom stereocenters. The van der Waals surface area contributed by atoms with Gasteiger partial charge in [0.1, 0.15) is 5.41 Å². The number of aryl methyl sites for hydroxylation is 1. The topological polar surface area (TPSA) is 87.3 Å². The predicted octanol–water partition coefficient (Wildman–Crippen LogP) is 4.21. The Balaban J connectivity index is 2.07. The van der Waals surface area contributed by atoms with Crippen LogP contribution in [0, 0.1) is 12.3 Å². The molecule has 0 aromatic heterocycles. The molecule has 3 N–H and O–H groups in total. The second-order valence-electron chi connectivity index (χ2n) is 6.75. The van der Waals surface area contributed by atoms with Gasteiger partial charge < -0.3 is 16.0 Å². The van der Waals surface area contributed by atoms with Gasteiger partial charge in [-0.15, -0.1) is 0 Å². The van der Waals surface area contributed by atoms with Gasteiger partial charge >= 0.3 is 0 Å². The monoisotopic (exact) mass is 387 g/mol. The van der Waals surface area contributed by atoms with E-state index in [2.05, 4.69) is 16.0 Å². The molecule has 142 valence electrons. The highest BCUT2D eigenvalue weighted by molar-refractivity contribution is 6.30. The van der Waals surface area contributed by atoms with Gasteiger partial charge in [-0.05, 0) is 68.8 Å². The van der Waals surface area contributed by atoms with Crippen LogP contribution in [-0.4, -0.2) is 17.7 Å². The zero-order valence-corrected chi connectivity index (χ0v) is 16.4. The minimum Gasteiger partial charge on any atom is -0.326 e. The van der Waals surface area contributed by atoms with E-state index >= 15 is 0 Å². The molecular weight excluding hydrogens is 366 g/mol. The largest absolute Gasteiger partial charge is 0.326 e. The molecule has 0 saturated carbocycles. The lowest BCUT2D eigenvalue weighted by Gasteiger charge is -2.23. The molecule has 0 radical (unpaired) electrons. The Hall–Kier alpha value is -2.86. The summed E-state index contributed by atoms with van der Waals surface area (Å²) in [6, 6.07) is 11.8. The number of hydrogen-bond acceptors (Lipinski definition) is 3. The molecule has 3 amide bonds. The Bertz CT molecular complexity index is 877. The molecule has 0 fully saturated rings. The zero-order valence-electron chi connectivity index (χ0n) is 15.6. The molecule has 0 aliphatic carbocycles. The Morgan fingerprint density at radius 1 is 0.852 bits per heavy atom. The average molecular weight is 388 g/mol. The number of rotatable bonds is 5. The summed E-state index contributed by atoms with van der Waals surface area (Å²) >= 11 is 5.92.